The van der Waals surface area contributed by atoms with Crippen molar-refractivity contribution in [3.8, 4) is 23.3 Å². The van der Waals surface area contributed by atoms with Gasteiger partial charge >= 0.3 is 5.97 Å². The number of carbonyl (C=O) groups excluding carboxylic acids is 2. The Kier molecular flexibility index (Phi) is 7.81. The first kappa shape index (κ1) is 23.1. The second kappa shape index (κ2) is 11.2. The molecule has 7 heteroatoms. The van der Waals surface area contributed by atoms with E-state index in [1.165, 1.54) is 20.3 Å². The highest BCUT2D eigenvalue weighted by Crippen LogP contribution is 2.30. The van der Waals surface area contributed by atoms with Crippen LogP contribution in [0, 0.1) is 11.3 Å². The molecule has 3 aromatic rings. The minimum Gasteiger partial charge on any atom is -0.497 e. The second-order valence-corrected chi connectivity index (χ2v) is 6.87. The van der Waals surface area contributed by atoms with Crippen molar-refractivity contribution in [2.75, 3.05) is 14.2 Å². The molecule has 0 radical (unpaired) electrons. The number of rotatable bonds is 8. The van der Waals surface area contributed by atoms with Gasteiger partial charge in [-0.2, -0.15) is 5.26 Å². The molecule has 0 atom stereocenters. The summed E-state index contributed by atoms with van der Waals surface area (Å²) in [5.74, 6) is -0.0506. The van der Waals surface area contributed by atoms with Crippen molar-refractivity contribution in [3.05, 3.63) is 95.1 Å². The lowest BCUT2D eigenvalue weighted by Gasteiger charge is -2.11. The van der Waals surface area contributed by atoms with Gasteiger partial charge in [0.2, 0.25) is 0 Å². The monoisotopic (exact) mass is 442 g/mol. The summed E-state index contributed by atoms with van der Waals surface area (Å²) in [6, 6.07) is 22.6. The van der Waals surface area contributed by atoms with Crippen LogP contribution in [0.4, 0.5) is 0 Å². The molecule has 0 saturated carbocycles. The molecular formula is C26H22N2O5. The number of benzene rings is 3. The molecule has 1 amide bonds. The van der Waals surface area contributed by atoms with Crippen molar-refractivity contribution >= 4 is 18.0 Å². The molecule has 1 N–H and O–H groups in total. The Morgan fingerprint density at radius 3 is 2.42 bits per heavy atom. The number of ether oxygens (including phenoxy) is 3. The molecule has 0 saturated heterocycles. The van der Waals surface area contributed by atoms with Crippen molar-refractivity contribution < 1.29 is 23.8 Å². The predicted octanol–water partition coefficient (Wildman–Crippen LogP) is 4.15. The first-order chi connectivity index (χ1) is 16.0. The van der Waals surface area contributed by atoms with E-state index in [1.54, 1.807) is 42.5 Å². The fraction of sp³-hybridized carbons (Fsp3) is 0.115. The zero-order chi connectivity index (χ0) is 23.6. The number of hydrogen-bond donors (Lipinski definition) is 1. The lowest BCUT2D eigenvalue weighted by atomic mass is 10.1. The summed E-state index contributed by atoms with van der Waals surface area (Å²) in [6.45, 7) is 0.307. The smallest absolute Gasteiger partial charge is 0.343 e. The molecule has 0 spiro atoms. The Morgan fingerprint density at radius 2 is 1.73 bits per heavy atom. The first-order valence-electron chi connectivity index (χ1n) is 10.0. The van der Waals surface area contributed by atoms with E-state index in [9.17, 15) is 14.9 Å². The summed E-state index contributed by atoms with van der Waals surface area (Å²) >= 11 is 0. The largest absolute Gasteiger partial charge is 0.497 e. The van der Waals surface area contributed by atoms with E-state index < -0.39 is 11.9 Å². The van der Waals surface area contributed by atoms with Gasteiger partial charge in [0.15, 0.2) is 11.5 Å². The predicted molar refractivity (Wildman–Crippen MR) is 123 cm³/mol. The van der Waals surface area contributed by atoms with Gasteiger partial charge in [0.05, 0.1) is 19.8 Å². The van der Waals surface area contributed by atoms with Gasteiger partial charge in [0, 0.05) is 6.54 Å². The van der Waals surface area contributed by atoms with Gasteiger partial charge in [-0.3, -0.25) is 4.79 Å². The van der Waals surface area contributed by atoms with Crippen molar-refractivity contribution in [3.63, 3.8) is 0 Å². The summed E-state index contributed by atoms with van der Waals surface area (Å²) in [6.07, 6.45) is 1.44. The highest BCUT2D eigenvalue weighted by atomic mass is 16.6. The molecule has 33 heavy (non-hydrogen) atoms. The highest BCUT2D eigenvalue weighted by Gasteiger charge is 2.15. The van der Waals surface area contributed by atoms with Gasteiger partial charge in [-0.05, 0) is 47.5 Å². The van der Waals surface area contributed by atoms with Crippen LogP contribution in [0.15, 0.2) is 78.4 Å². The number of methoxy groups -OCH3 is 2. The topological polar surface area (TPSA) is 97.7 Å². The normalized spacial score (nSPS) is 10.6. The van der Waals surface area contributed by atoms with Crippen LogP contribution >= 0.6 is 0 Å². The molecule has 0 unspecified atom stereocenters. The van der Waals surface area contributed by atoms with Crippen molar-refractivity contribution in [1.29, 1.82) is 5.26 Å². The van der Waals surface area contributed by atoms with Crippen LogP contribution in [0.1, 0.15) is 21.5 Å². The van der Waals surface area contributed by atoms with Crippen molar-refractivity contribution in [1.82, 2.24) is 5.32 Å². The summed E-state index contributed by atoms with van der Waals surface area (Å²) < 4.78 is 15.9. The maximum atomic E-state index is 12.5. The number of esters is 1. The average molecular weight is 442 g/mol. The van der Waals surface area contributed by atoms with Crippen LogP contribution < -0.4 is 19.5 Å². The Labute approximate surface area is 191 Å². The Hall–Kier alpha value is -4.57. The van der Waals surface area contributed by atoms with Crippen LogP contribution in [0.25, 0.3) is 6.08 Å². The summed E-state index contributed by atoms with van der Waals surface area (Å²) in [5.41, 5.74) is 1.72. The maximum absolute atomic E-state index is 12.5. The van der Waals surface area contributed by atoms with Gasteiger partial charge in [-0.15, -0.1) is 0 Å². The van der Waals surface area contributed by atoms with Gasteiger partial charge in [0.1, 0.15) is 17.4 Å². The fourth-order valence-corrected chi connectivity index (χ4v) is 2.96. The molecule has 166 valence electrons. The fourth-order valence-electron chi connectivity index (χ4n) is 2.96. The molecule has 0 fully saturated rings. The highest BCUT2D eigenvalue weighted by molar-refractivity contribution is 6.01. The van der Waals surface area contributed by atoms with Gasteiger partial charge in [0.25, 0.3) is 5.91 Å². The molecular weight excluding hydrogens is 420 g/mol. The molecule has 7 nitrogen and oxygen atoms in total. The van der Waals surface area contributed by atoms with Gasteiger partial charge in [-0.1, -0.05) is 42.5 Å². The number of nitrogens with one attached hydrogen (secondary N) is 1. The number of amides is 1. The SMILES string of the molecule is COc1cccc(C(=O)Oc2ccc(/C=C(\C#N)C(=O)NCc3ccccc3)cc2OC)c1. The van der Waals surface area contributed by atoms with Crippen molar-refractivity contribution in [2.45, 2.75) is 6.54 Å². The average Bonchev–Trinajstić information content (AvgIpc) is 2.87. The third-order valence-electron chi connectivity index (χ3n) is 4.67. The van der Waals surface area contributed by atoms with Gasteiger partial charge in [-0.25, -0.2) is 4.79 Å². The maximum Gasteiger partial charge on any atom is 0.343 e. The lowest BCUT2D eigenvalue weighted by molar-refractivity contribution is -0.117. The Morgan fingerprint density at radius 1 is 0.939 bits per heavy atom. The van der Waals surface area contributed by atoms with Crippen LogP contribution in [-0.2, 0) is 11.3 Å². The second-order valence-electron chi connectivity index (χ2n) is 6.87. The summed E-state index contributed by atoms with van der Waals surface area (Å²) in [4.78, 5) is 24.9. The quantitative estimate of drug-likeness (QED) is 0.244. The van der Waals surface area contributed by atoms with E-state index in [1.807, 2.05) is 36.4 Å². The Balaban J connectivity index is 1.74. The molecule has 0 heterocycles. The lowest BCUT2D eigenvalue weighted by Crippen LogP contribution is -2.23. The van der Waals surface area contributed by atoms with Crippen molar-refractivity contribution in [2.24, 2.45) is 0 Å². The molecule has 3 aromatic carbocycles. The van der Waals surface area contributed by atoms with Crippen LogP contribution in [0.5, 0.6) is 17.2 Å². The molecule has 0 aliphatic carbocycles. The third-order valence-corrected chi connectivity index (χ3v) is 4.67. The van der Waals surface area contributed by atoms with E-state index in [0.717, 1.165) is 5.56 Å². The Bertz CT molecular complexity index is 1210. The zero-order valence-electron chi connectivity index (χ0n) is 18.2. The molecule has 0 aliphatic rings. The molecule has 0 aliphatic heterocycles. The van der Waals surface area contributed by atoms with E-state index in [2.05, 4.69) is 5.32 Å². The van der Waals surface area contributed by atoms with Crippen LogP contribution in [-0.4, -0.2) is 26.1 Å². The molecule has 0 aromatic heterocycles. The van der Waals surface area contributed by atoms with Crippen LogP contribution in [0.2, 0.25) is 0 Å². The van der Waals surface area contributed by atoms with E-state index in [-0.39, 0.29) is 17.1 Å². The minimum atomic E-state index is -0.575. The number of nitriles is 1. The minimum absolute atomic E-state index is 0.0610. The van der Waals surface area contributed by atoms with E-state index in [0.29, 0.717) is 23.4 Å². The van der Waals surface area contributed by atoms with Gasteiger partial charge < -0.3 is 19.5 Å². The molecule has 3 rings (SSSR count). The number of nitrogens with zero attached hydrogens (tertiary/aromatic N) is 1. The van der Waals surface area contributed by atoms with Crippen LogP contribution in [0.3, 0.4) is 0 Å². The summed E-state index contributed by atoms with van der Waals surface area (Å²) in [7, 11) is 2.95. The van der Waals surface area contributed by atoms with E-state index in [4.69, 9.17) is 14.2 Å². The van der Waals surface area contributed by atoms with E-state index >= 15 is 0 Å². The first-order valence-corrected chi connectivity index (χ1v) is 10.0. The zero-order valence-corrected chi connectivity index (χ0v) is 18.2. The summed E-state index contributed by atoms with van der Waals surface area (Å²) in [5, 5.41) is 12.2. The standard InChI is InChI=1S/C26H22N2O5/c1-31-22-10-6-9-20(15-22)26(30)33-23-12-11-19(14-24(23)32-2)13-21(16-27)25(29)28-17-18-7-4-3-5-8-18/h3-15H,17H2,1-2H3,(H,28,29)/b21-13+. The molecule has 0 bridgehead atoms. The number of carbonyl (C=O) groups is 2. The third kappa shape index (κ3) is 6.21. The number of hydrogen-bond acceptors (Lipinski definition) is 6.